The maximum Gasteiger partial charge on any atom is 0.255 e. The van der Waals surface area contributed by atoms with Crippen LogP contribution in [0.1, 0.15) is 68.9 Å². The minimum absolute atomic E-state index is 0.0797. The molecule has 6 N–H and O–H groups in total. The van der Waals surface area contributed by atoms with Crippen molar-refractivity contribution in [1.82, 2.24) is 40.2 Å². The maximum atomic E-state index is 14.7. The van der Waals surface area contributed by atoms with Gasteiger partial charge in [0.2, 0.25) is 11.8 Å². The molecule has 0 radical (unpaired) electrons. The van der Waals surface area contributed by atoms with Crippen molar-refractivity contribution in [3.63, 3.8) is 0 Å². The van der Waals surface area contributed by atoms with Crippen LogP contribution in [0.2, 0.25) is 0 Å². The number of nitrogens with two attached hydrogens (primary N) is 2. The number of fused-ring (bicyclic) bond motifs is 2. The standard InChI is InChI=1S/2C23H20FN7O2/c2*24-15-5-1-3-13(10-25)20(15)16-9-18(21-17(28-16)11-27-23(21)33)31-8-6-19(29-31)30-7-2-4-14(12-30)22(26)32/h2*1,3,5-6,8-9,14H,2,4,7,11-12H2,(H2,26,32)(H,27,33)/t14-;/m1./s1. The largest absolute Gasteiger partial charge is 0.369 e. The fourth-order valence-electron chi connectivity index (χ4n) is 8.86. The van der Waals surface area contributed by atoms with Crippen molar-refractivity contribution >= 4 is 35.3 Å². The first-order valence-corrected chi connectivity index (χ1v) is 21.1. The molecule has 18 nitrogen and oxygen atoms in total. The Hall–Kier alpha value is -8.52. The number of piperidine rings is 2. The van der Waals surface area contributed by atoms with E-state index in [0.717, 1.165) is 38.8 Å². The third-order valence-electron chi connectivity index (χ3n) is 12.2. The number of hydrogen-bond donors (Lipinski definition) is 4. The van der Waals surface area contributed by atoms with Crippen LogP contribution < -0.4 is 31.9 Å². The van der Waals surface area contributed by atoms with Crippen LogP contribution in [0.25, 0.3) is 33.9 Å². The van der Waals surface area contributed by atoms with Crippen LogP contribution in [0.3, 0.4) is 0 Å². The fraction of sp³-hybridized carbons (Fsp3) is 0.261. The molecular weight excluding hydrogens is 851 g/mol. The lowest BCUT2D eigenvalue weighted by Crippen LogP contribution is -2.41. The van der Waals surface area contributed by atoms with Gasteiger partial charge in [-0.1, -0.05) is 12.1 Å². The Labute approximate surface area is 375 Å². The third kappa shape index (κ3) is 8.00. The van der Waals surface area contributed by atoms with E-state index < -0.39 is 11.6 Å². The van der Waals surface area contributed by atoms with E-state index in [0.29, 0.717) is 58.6 Å². The Kier molecular flexibility index (Phi) is 11.4. The normalized spacial score (nSPS) is 17.4. The average Bonchev–Trinajstić information content (AvgIpc) is 4.17. The number of nitrogens with one attached hydrogen (secondary N) is 2. The monoisotopic (exact) mass is 890 g/mol. The molecule has 20 heteroatoms. The SMILES string of the molecule is N#Cc1cccc(F)c1-c1cc(-n2ccc(N3CCCC(C(N)=O)C3)n2)c2c(n1)CNC2=O.N#Cc1cccc(F)c1-c1cc(-n2ccc(N3CCC[C@@H](C(N)=O)C3)n2)c2c(n1)CNC2=O. The van der Waals surface area contributed by atoms with E-state index >= 15 is 0 Å². The van der Waals surface area contributed by atoms with Crippen LogP contribution >= 0.6 is 0 Å². The van der Waals surface area contributed by atoms with E-state index in [1.165, 1.54) is 36.4 Å². The fourth-order valence-corrected chi connectivity index (χ4v) is 8.86. The van der Waals surface area contributed by atoms with Gasteiger partial charge in [0.05, 0.1) is 105 Å². The van der Waals surface area contributed by atoms with Gasteiger partial charge in [-0.05, 0) is 62.1 Å². The molecule has 0 aliphatic carbocycles. The number of anilines is 2. The molecule has 0 spiro atoms. The summed E-state index contributed by atoms with van der Waals surface area (Å²) in [6, 6.07) is 19.3. The van der Waals surface area contributed by atoms with E-state index in [1.807, 2.05) is 21.9 Å². The molecule has 4 amide bonds. The Morgan fingerprint density at radius 3 is 1.47 bits per heavy atom. The number of rotatable bonds is 8. The second-order valence-electron chi connectivity index (χ2n) is 16.2. The molecule has 10 rings (SSSR count). The van der Waals surface area contributed by atoms with Crippen molar-refractivity contribution in [2.24, 2.45) is 23.3 Å². The zero-order valence-corrected chi connectivity index (χ0v) is 35.2. The number of nitrogens with zero attached hydrogens (tertiary/aromatic N) is 10. The number of carbonyl (C=O) groups excluding carboxylic acids is 4. The summed E-state index contributed by atoms with van der Waals surface area (Å²) >= 11 is 0. The molecule has 4 aromatic heterocycles. The highest BCUT2D eigenvalue weighted by Gasteiger charge is 2.32. The number of pyridine rings is 2. The summed E-state index contributed by atoms with van der Waals surface area (Å²) in [7, 11) is 0. The van der Waals surface area contributed by atoms with Crippen molar-refractivity contribution < 1.29 is 28.0 Å². The van der Waals surface area contributed by atoms with E-state index in [-0.39, 0.29) is 82.2 Å². The summed E-state index contributed by atoms with van der Waals surface area (Å²) in [5.74, 6) is -1.57. The smallest absolute Gasteiger partial charge is 0.255 e. The lowest BCUT2D eigenvalue weighted by molar-refractivity contribution is -0.122. The molecule has 2 saturated heterocycles. The molecule has 332 valence electrons. The summed E-state index contributed by atoms with van der Waals surface area (Å²) in [4.78, 5) is 61.3. The summed E-state index contributed by atoms with van der Waals surface area (Å²) in [6.07, 6.45) is 6.56. The zero-order valence-electron chi connectivity index (χ0n) is 35.2. The zero-order chi connectivity index (χ0) is 46.2. The second-order valence-corrected chi connectivity index (χ2v) is 16.2. The number of benzene rings is 2. The van der Waals surface area contributed by atoms with Gasteiger partial charge in [0.1, 0.15) is 11.6 Å². The van der Waals surface area contributed by atoms with Crippen molar-refractivity contribution in [3.05, 3.63) is 118 Å². The summed E-state index contributed by atoms with van der Waals surface area (Å²) in [5, 5.41) is 33.7. The minimum atomic E-state index is -0.573. The maximum absolute atomic E-state index is 14.7. The first-order valence-electron chi connectivity index (χ1n) is 21.1. The van der Waals surface area contributed by atoms with E-state index in [9.17, 15) is 38.5 Å². The molecule has 66 heavy (non-hydrogen) atoms. The average molecular weight is 891 g/mol. The van der Waals surface area contributed by atoms with Crippen molar-refractivity contribution in [3.8, 4) is 46.0 Å². The lowest BCUT2D eigenvalue weighted by atomic mass is 9.98. The molecule has 1 unspecified atom stereocenters. The van der Waals surface area contributed by atoms with Gasteiger partial charge in [0, 0.05) is 50.7 Å². The van der Waals surface area contributed by atoms with Crippen LogP contribution in [0.5, 0.6) is 0 Å². The molecule has 4 aliphatic rings. The van der Waals surface area contributed by atoms with Crippen LogP contribution in [-0.2, 0) is 22.7 Å². The number of hydrogen-bond acceptors (Lipinski definition) is 12. The van der Waals surface area contributed by atoms with Crippen LogP contribution in [0.4, 0.5) is 20.4 Å². The predicted molar refractivity (Wildman–Crippen MR) is 234 cm³/mol. The van der Waals surface area contributed by atoms with Crippen LogP contribution in [-0.4, -0.2) is 79.3 Å². The quantitative estimate of drug-likeness (QED) is 0.170. The highest BCUT2D eigenvalue weighted by Crippen LogP contribution is 2.34. The number of primary amides is 2. The first-order chi connectivity index (χ1) is 31.9. The van der Waals surface area contributed by atoms with E-state index in [1.54, 1.807) is 46.0 Å². The van der Waals surface area contributed by atoms with Crippen molar-refractivity contribution in [2.45, 2.75) is 38.8 Å². The van der Waals surface area contributed by atoms with Gasteiger partial charge in [0.15, 0.2) is 11.6 Å². The predicted octanol–water partition coefficient (Wildman–Crippen LogP) is 3.78. The third-order valence-corrected chi connectivity index (χ3v) is 12.2. The van der Waals surface area contributed by atoms with Gasteiger partial charge in [-0.15, -0.1) is 0 Å². The summed E-state index contributed by atoms with van der Waals surface area (Å²) < 4.78 is 32.5. The number of amides is 4. The molecule has 8 heterocycles. The van der Waals surface area contributed by atoms with Crippen molar-refractivity contribution in [1.29, 1.82) is 10.5 Å². The Morgan fingerprint density at radius 2 is 1.08 bits per heavy atom. The van der Waals surface area contributed by atoms with Gasteiger partial charge in [-0.3, -0.25) is 19.2 Å². The summed E-state index contributed by atoms with van der Waals surface area (Å²) in [5.41, 5.74) is 14.5. The Morgan fingerprint density at radius 1 is 0.652 bits per heavy atom. The Balaban J connectivity index is 0.000000166. The second kappa shape index (κ2) is 17.6. The molecular formula is C46H40F2N14O4. The van der Waals surface area contributed by atoms with Crippen LogP contribution in [0.15, 0.2) is 73.1 Å². The van der Waals surface area contributed by atoms with Gasteiger partial charge in [-0.25, -0.2) is 28.1 Å². The number of nitriles is 2. The van der Waals surface area contributed by atoms with Gasteiger partial charge in [-0.2, -0.15) is 20.7 Å². The molecule has 2 aromatic carbocycles. The highest BCUT2D eigenvalue weighted by atomic mass is 19.1. The molecule has 4 aliphatic heterocycles. The topological polar surface area (TPSA) is 260 Å². The van der Waals surface area contributed by atoms with Gasteiger partial charge >= 0.3 is 0 Å². The van der Waals surface area contributed by atoms with Gasteiger partial charge in [0.25, 0.3) is 11.8 Å². The number of aromatic nitrogens is 6. The summed E-state index contributed by atoms with van der Waals surface area (Å²) in [6.45, 7) is 2.84. The minimum Gasteiger partial charge on any atom is -0.369 e. The molecule has 2 atom stereocenters. The molecule has 2 fully saturated rings. The molecule has 6 aromatic rings. The highest BCUT2D eigenvalue weighted by molar-refractivity contribution is 6.02. The van der Waals surface area contributed by atoms with Crippen molar-refractivity contribution in [2.75, 3.05) is 36.0 Å². The van der Waals surface area contributed by atoms with Gasteiger partial charge < -0.3 is 31.9 Å². The Bertz CT molecular complexity index is 2860. The van der Waals surface area contributed by atoms with E-state index in [4.69, 9.17) is 11.5 Å². The number of carbonyl (C=O) groups is 4. The first kappa shape index (κ1) is 42.8. The van der Waals surface area contributed by atoms with Crippen LogP contribution in [0, 0.1) is 46.1 Å². The van der Waals surface area contributed by atoms with E-state index in [2.05, 4.69) is 30.8 Å². The lowest BCUT2D eigenvalue weighted by Gasteiger charge is -2.31. The molecule has 0 bridgehead atoms. The molecule has 0 saturated carbocycles. The number of halogens is 2.